The molecule has 0 fully saturated rings. The van der Waals surface area contributed by atoms with E-state index < -0.39 is 0 Å². The van der Waals surface area contributed by atoms with Crippen molar-refractivity contribution < 1.29 is 9.53 Å². The lowest BCUT2D eigenvalue weighted by Gasteiger charge is -2.07. The van der Waals surface area contributed by atoms with Gasteiger partial charge in [-0.25, -0.2) is 4.79 Å². The minimum absolute atomic E-state index is 0.280. The molecule has 0 saturated heterocycles. The highest BCUT2D eigenvalue weighted by atomic mass is 127. The topological polar surface area (TPSA) is 26.3 Å². The van der Waals surface area contributed by atoms with Gasteiger partial charge in [-0.2, -0.15) is 0 Å². The fourth-order valence-corrected chi connectivity index (χ4v) is 1.40. The first-order chi connectivity index (χ1) is 8.09. The van der Waals surface area contributed by atoms with E-state index in [-0.39, 0.29) is 5.97 Å². The summed E-state index contributed by atoms with van der Waals surface area (Å²) in [5, 5.41) is 0. The Morgan fingerprint density at radius 2 is 2.00 bits per heavy atom. The molecule has 0 aliphatic rings. The van der Waals surface area contributed by atoms with Crippen molar-refractivity contribution in [3.8, 4) is 0 Å². The Kier molecular flexibility index (Phi) is 6.26. The Hall–Kier alpha value is -0.840. The smallest absolute Gasteiger partial charge is 0.330 e. The van der Waals surface area contributed by atoms with E-state index in [1.165, 1.54) is 6.08 Å². The number of carbonyl (C=O) groups is 1. The van der Waals surface area contributed by atoms with Crippen LogP contribution in [0, 0.1) is 5.92 Å². The predicted molar refractivity (Wildman–Crippen MR) is 78.0 cm³/mol. The third-order valence-corrected chi connectivity index (χ3v) is 3.62. The van der Waals surface area contributed by atoms with E-state index in [2.05, 4.69) is 36.4 Å². The van der Waals surface area contributed by atoms with Crippen molar-refractivity contribution in [3.63, 3.8) is 0 Å². The van der Waals surface area contributed by atoms with Crippen molar-refractivity contribution >= 4 is 28.6 Å². The highest BCUT2D eigenvalue weighted by molar-refractivity contribution is 14.1. The normalized spacial score (nSPS) is 14.5. The minimum atomic E-state index is -0.280. The van der Waals surface area contributed by atoms with Crippen molar-refractivity contribution in [1.82, 2.24) is 0 Å². The molecule has 1 aromatic rings. The van der Waals surface area contributed by atoms with Gasteiger partial charge in [-0.15, -0.1) is 0 Å². The van der Waals surface area contributed by atoms with Crippen LogP contribution >= 0.6 is 22.6 Å². The molecular formula is C14H17IO2. The van der Waals surface area contributed by atoms with Crippen LogP contribution in [0.25, 0.3) is 0 Å². The van der Waals surface area contributed by atoms with E-state index in [1.807, 2.05) is 36.4 Å². The van der Waals surface area contributed by atoms with Crippen LogP contribution in [0.4, 0.5) is 0 Å². The second-order valence-corrected chi connectivity index (χ2v) is 5.95. The Bertz CT molecular complexity index is 371. The van der Waals surface area contributed by atoms with E-state index in [0.717, 1.165) is 5.56 Å². The van der Waals surface area contributed by atoms with Gasteiger partial charge in [0.05, 0.1) is 0 Å². The zero-order valence-electron chi connectivity index (χ0n) is 10.1. The van der Waals surface area contributed by atoms with Gasteiger partial charge in [-0.1, -0.05) is 72.8 Å². The number of rotatable bonds is 5. The molecular weight excluding hydrogens is 327 g/mol. The molecule has 0 N–H and O–H groups in total. The molecule has 0 radical (unpaired) electrons. The minimum Gasteiger partial charge on any atom is -0.458 e. The van der Waals surface area contributed by atoms with Crippen molar-refractivity contribution in [2.75, 3.05) is 0 Å². The molecule has 0 aliphatic heterocycles. The molecule has 0 bridgehead atoms. The molecule has 0 amide bonds. The van der Waals surface area contributed by atoms with Gasteiger partial charge in [0, 0.05) is 10.0 Å². The number of halogens is 1. The summed E-state index contributed by atoms with van der Waals surface area (Å²) in [6.45, 7) is 4.53. The highest BCUT2D eigenvalue weighted by Crippen LogP contribution is 2.13. The van der Waals surface area contributed by atoms with Gasteiger partial charge in [0.1, 0.15) is 6.61 Å². The van der Waals surface area contributed by atoms with Gasteiger partial charge in [-0.3, -0.25) is 0 Å². The van der Waals surface area contributed by atoms with E-state index in [9.17, 15) is 4.79 Å². The van der Waals surface area contributed by atoms with Gasteiger partial charge in [-0.05, 0) is 11.5 Å². The highest BCUT2D eigenvalue weighted by Gasteiger charge is 2.05. The largest absolute Gasteiger partial charge is 0.458 e. The molecule has 0 heterocycles. The molecule has 0 aromatic heterocycles. The van der Waals surface area contributed by atoms with Crippen LogP contribution in [0.5, 0.6) is 0 Å². The second-order valence-electron chi connectivity index (χ2n) is 3.99. The number of hydrogen-bond donors (Lipinski definition) is 0. The summed E-state index contributed by atoms with van der Waals surface area (Å²) >= 11 is 2.34. The average molecular weight is 344 g/mol. The molecule has 0 unspecified atom stereocenters. The van der Waals surface area contributed by atoms with E-state index in [4.69, 9.17) is 4.74 Å². The summed E-state index contributed by atoms with van der Waals surface area (Å²) in [5.74, 6) is 0.0950. The van der Waals surface area contributed by atoms with Gasteiger partial charge < -0.3 is 4.74 Å². The quantitative estimate of drug-likeness (QED) is 0.352. The lowest BCUT2D eigenvalue weighted by molar-refractivity contribution is -0.139. The molecule has 0 spiro atoms. The maximum absolute atomic E-state index is 11.4. The maximum Gasteiger partial charge on any atom is 0.330 e. The zero-order chi connectivity index (χ0) is 12.7. The summed E-state index contributed by atoms with van der Waals surface area (Å²) in [6, 6.07) is 9.67. The van der Waals surface area contributed by atoms with Gasteiger partial charge in [0.25, 0.3) is 0 Å². The predicted octanol–water partition coefficient (Wildman–Crippen LogP) is 3.75. The van der Waals surface area contributed by atoms with Gasteiger partial charge >= 0.3 is 5.97 Å². The van der Waals surface area contributed by atoms with Gasteiger partial charge in [0.15, 0.2) is 0 Å². The van der Waals surface area contributed by atoms with E-state index in [1.54, 1.807) is 0 Å². The second kappa shape index (κ2) is 7.48. The Morgan fingerprint density at radius 1 is 1.35 bits per heavy atom. The number of ether oxygens (including phenoxy) is 1. The molecule has 17 heavy (non-hydrogen) atoms. The zero-order valence-corrected chi connectivity index (χ0v) is 12.3. The Labute approximate surface area is 116 Å². The first-order valence-corrected chi connectivity index (χ1v) is 6.87. The van der Waals surface area contributed by atoms with Crippen molar-refractivity contribution in [2.24, 2.45) is 5.92 Å². The summed E-state index contributed by atoms with van der Waals surface area (Å²) in [4.78, 5) is 11.4. The van der Waals surface area contributed by atoms with E-state index in [0.29, 0.717) is 16.4 Å². The standard InChI is InChI=1S/C14H17IO2/c1-11(12(2)15)8-9-14(16)17-10-13-6-4-3-5-7-13/h3-9,11-12H,10H2,1-2H3/b9-8+/t11-,12+/m0/s1. The molecule has 92 valence electrons. The Morgan fingerprint density at radius 3 is 2.59 bits per heavy atom. The molecule has 3 heteroatoms. The monoisotopic (exact) mass is 344 g/mol. The number of carbonyl (C=O) groups excluding carboxylic acids is 1. The van der Waals surface area contributed by atoms with Crippen LogP contribution in [0.2, 0.25) is 0 Å². The number of hydrogen-bond acceptors (Lipinski definition) is 2. The van der Waals surface area contributed by atoms with Crippen LogP contribution in [0.3, 0.4) is 0 Å². The number of esters is 1. The molecule has 1 aromatic carbocycles. The summed E-state index contributed by atoms with van der Waals surface area (Å²) in [7, 11) is 0. The van der Waals surface area contributed by atoms with Gasteiger partial charge in [0.2, 0.25) is 0 Å². The number of allylic oxidation sites excluding steroid dienone is 1. The molecule has 2 atom stereocenters. The molecule has 1 rings (SSSR count). The van der Waals surface area contributed by atoms with Crippen LogP contribution < -0.4 is 0 Å². The number of alkyl halides is 1. The first kappa shape index (κ1) is 14.2. The first-order valence-electron chi connectivity index (χ1n) is 5.62. The summed E-state index contributed by atoms with van der Waals surface area (Å²) in [6.07, 6.45) is 3.41. The van der Waals surface area contributed by atoms with Crippen LogP contribution in [0.1, 0.15) is 19.4 Å². The third kappa shape index (κ3) is 5.86. The maximum atomic E-state index is 11.4. The molecule has 2 nitrogen and oxygen atoms in total. The molecule has 0 saturated carbocycles. The van der Waals surface area contributed by atoms with Crippen molar-refractivity contribution in [1.29, 1.82) is 0 Å². The van der Waals surface area contributed by atoms with Crippen molar-refractivity contribution in [3.05, 3.63) is 48.0 Å². The van der Waals surface area contributed by atoms with Crippen LogP contribution in [-0.2, 0) is 16.1 Å². The average Bonchev–Trinajstić information content (AvgIpc) is 2.34. The third-order valence-electron chi connectivity index (χ3n) is 2.48. The van der Waals surface area contributed by atoms with Crippen LogP contribution in [0.15, 0.2) is 42.5 Å². The lowest BCUT2D eigenvalue weighted by atomic mass is 10.1. The summed E-state index contributed by atoms with van der Waals surface area (Å²) < 4.78 is 5.64. The summed E-state index contributed by atoms with van der Waals surface area (Å²) in [5.41, 5.74) is 1.00. The molecule has 0 aliphatic carbocycles. The van der Waals surface area contributed by atoms with Crippen molar-refractivity contribution in [2.45, 2.75) is 24.4 Å². The Balaban J connectivity index is 2.36. The van der Waals surface area contributed by atoms with Crippen LogP contribution in [-0.4, -0.2) is 9.89 Å². The van der Waals surface area contributed by atoms with E-state index >= 15 is 0 Å². The lowest BCUT2D eigenvalue weighted by Crippen LogP contribution is -2.05. The number of benzene rings is 1. The fourth-order valence-electron chi connectivity index (χ4n) is 1.16. The fraction of sp³-hybridized carbons (Fsp3) is 0.357. The SMILES string of the molecule is C[C@@H](I)[C@@H](C)/C=C/C(=O)OCc1ccccc1.